The second-order valence-corrected chi connectivity index (χ2v) is 5.97. The molecule has 0 aliphatic carbocycles. The van der Waals surface area contributed by atoms with Crippen molar-refractivity contribution in [3.8, 4) is 6.07 Å². The van der Waals surface area contributed by atoms with Crippen molar-refractivity contribution in [3.05, 3.63) is 0 Å². The number of nitrogens with zero attached hydrogens (tertiary/aromatic N) is 1. The molecule has 0 aromatic heterocycles. The van der Waals surface area contributed by atoms with Gasteiger partial charge in [-0.25, -0.2) is 0 Å². The summed E-state index contributed by atoms with van der Waals surface area (Å²) in [6.07, 6.45) is 11.9. The number of unbranched alkanes of at least 4 members (excludes halogenated alkanes) is 7. The lowest BCUT2D eigenvalue weighted by Gasteiger charge is -2.14. The molecule has 0 aromatic carbocycles. The van der Waals surface area contributed by atoms with Crippen molar-refractivity contribution in [1.29, 1.82) is 5.26 Å². The van der Waals surface area contributed by atoms with Gasteiger partial charge in [0.15, 0.2) is 0 Å². The van der Waals surface area contributed by atoms with E-state index in [-0.39, 0.29) is 5.41 Å². The van der Waals surface area contributed by atoms with Gasteiger partial charge >= 0.3 is 0 Å². The van der Waals surface area contributed by atoms with Gasteiger partial charge in [-0.15, -0.1) is 0 Å². The summed E-state index contributed by atoms with van der Waals surface area (Å²) in [5.74, 6) is 0. The fraction of sp³-hybridized carbons (Fsp3) is 0.938. The van der Waals surface area contributed by atoms with Crippen LogP contribution < -0.4 is 5.32 Å². The lowest BCUT2D eigenvalue weighted by molar-refractivity contribution is 0.429. The zero-order chi connectivity index (χ0) is 13.7. The maximum absolute atomic E-state index is 8.88. The van der Waals surface area contributed by atoms with E-state index in [9.17, 15) is 0 Å². The minimum absolute atomic E-state index is 0.174. The largest absolute Gasteiger partial charge is 0.317 e. The predicted molar refractivity (Wildman–Crippen MR) is 79.5 cm³/mol. The predicted octanol–water partition coefficient (Wildman–Crippen LogP) is 4.66. The fourth-order valence-corrected chi connectivity index (χ4v) is 1.97. The number of rotatable bonds is 12. The highest BCUT2D eigenvalue weighted by atomic mass is 14.8. The molecule has 0 heterocycles. The Kier molecular flexibility index (Phi) is 11.2. The second kappa shape index (κ2) is 11.5. The normalized spacial score (nSPS) is 11.4. The van der Waals surface area contributed by atoms with E-state index in [2.05, 4.69) is 18.3 Å². The molecule has 2 nitrogen and oxygen atoms in total. The van der Waals surface area contributed by atoms with Crippen LogP contribution >= 0.6 is 0 Å². The second-order valence-electron chi connectivity index (χ2n) is 5.97. The third-order valence-corrected chi connectivity index (χ3v) is 3.44. The van der Waals surface area contributed by atoms with Gasteiger partial charge in [0.25, 0.3) is 0 Å². The Labute approximate surface area is 114 Å². The molecule has 0 bridgehead atoms. The Morgan fingerprint density at radius 2 is 1.44 bits per heavy atom. The Morgan fingerprint density at radius 3 is 2.00 bits per heavy atom. The highest BCUT2D eigenvalue weighted by Crippen LogP contribution is 2.17. The summed E-state index contributed by atoms with van der Waals surface area (Å²) >= 11 is 0. The summed E-state index contributed by atoms with van der Waals surface area (Å²) < 4.78 is 0. The lowest BCUT2D eigenvalue weighted by Crippen LogP contribution is -2.22. The third kappa shape index (κ3) is 11.9. The van der Waals surface area contributed by atoms with Crippen molar-refractivity contribution < 1.29 is 0 Å². The number of nitrogens with one attached hydrogen (secondary N) is 1. The molecule has 0 aliphatic heterocycles. The van der Waals surface area contributed by atoms with Crippen LogP contribution in [0.25, 0.3) is 0 Å². The average molecular weight is 252 g/mol. The highest BCUT2D eigenvalue weighted by molar-refractivity contribution is 4.91. The molecule has 0 amide bonds. The van der Waals surface area contributed by atoms with Crippen molar-refractivity contribution >= 4 is 0 Å². The van der Waals surface area contributed by atoms with Crippen LogP contribution in [0.3, 0.4) is 0 Å². The molecule has 0 fully saturated rings. The van der Waals surface area contributed by atoms with E-state index in [1.807, 2.05) is 13.8 Å². The van der Waals surface area contributed by atoms with Crippen LogP contribution in [-0.4, -0.2) is 13.1 Å². The first-order chi connectivity index (χ1) is 8.62. The van der Waals surface area contributed by atoms with E-state index in [0.717, 1.165) is 19.5 Å². The molecule has 0 aliphatic rings. The van der Waals surface area contributed by atoms with Gasteiger partial charge in [-0.1, -0.05) is 51.9 Å². The van der Waals surface area contributed by atoms with Gasteiger partial charge in [-0.2, -0.15) is 5.26 Å². The van der Waals surface area contributed by atoms with Crippen LogP contribution in [-0.2, 0) is 0 Å². The van der Waals surface area contributed by atoms with Gasteiger partial charge in [0.2, 0.25) is 0 Å². The van der Waals surface area contributed by atoms with Crippen LogP contribution in [0, 0.1) is 16.7 Å². The monoisotopic (exact) mass is 252 g/mol. The summed E-state index contributed by atoms with van der Waals surface area (Å²) in [5.41, 5.74) is -0.174. The van der Waals surface area contributed by atoms with Crippen molar-refractivity contribution in [2.45, 2.75) is 78.6 Å². The van der Waals surface area contributed by atoms with Crippen LogP contribution in [0.5, 0.6) is 0 Å². The van der Waals surface area contributed by atoms with Gasteiger partial charge in [0.05, 0.1) is 11.5 Å². The quantitative estimate of drug-likeness (QED) is 0.513. The number of hydrogen-bond acceptors (Lipinski definition) is 2. The minimum atomic E-state index is -0.174. The lowest BCUT2D eigenvalue weighted by atomic mass is 9.91. The summed E-state index contributed by atoms with van der Waals surface area (Å²) in [7, 11) is 0. The van der Waals surface area contributed by atoms with E-state index in [1.165, 1.54) is 51.4 Å². The number of hydrogen-bond donors (Lipinski definition) is 1. The fourth-order valence-electron chi connectivity index (χ4n) is 1.97. The van der Waals surface area contributed by atoms with Gasteiger partial charge in [-0.3, -0.25) is 0 Å². The van der Waals surface area contributed by atoms with Gasteiger partial charge in [0.1, 0.15) is 0 Å². The molecular weight excluding hydrogens is 220 g/mol. The van der Waals surface area contributed by atoms with Crippen molar-refractivity contribution in [2.75, 3.05) is 13.1 Å². The molecule has 18 heavy (non-hydrogen) atoms. The minimum Gasteiger partial charge on any atom is -0.317 e. The van der Waals surface area contributed by atoms with E-state index < -0.39 is 0 Å². The molecule has 0 aromatic rings. The highest BCUT2D eigenvalue weighted by Gasteiger charge is 2.14. The topological polar surface area (TPSA) is 35.8 Å². The molecule has 0 atom stereocenters. The first-order valence-electron chi connectivity index (χ1n) is 7.74. The summed E-state index contributed by atoms with van der Waals surface area (Å²) in [6, 6.07) is 2.34. The molecule has 0 radical (unpaired) electrons. The molecule has 2 heteroatoms. The molecule has 0 spiro atoms. The molecule has 0 rings (SSSR count). The molecule has 0 unspecified atom stereocenters. The molecule has 0 saturated carbocycles. The Bertz CT molecular complexity index is 216. The van der Waals surface area contributed by atoms with Crippen LogP contribution in [0.4, 0.5) is 0 Å². The SMILES string of the molecule is CCCCCCCCCCNCCC(C)(C)C#N. The summed E-state index contributed by atoms with van der Waals surface area (Å²) in [6.45, 7) is 8.35. The van der Waals surface area contributed by atoms with Gasteiger partial charge in [-0.05, 0) is 39.8 Å². The van der Waals surface area contributed by atoms with E-state index in [0.29, 0.717) is 0 Å². The van der Waals surface area contributed by atoms with Crippen molar-refractivity contribution in [1.82, 2.24) is 5.32 Å². The van der Waals surface area contributed by atoms with Gasteiger partial charge < -0.3 is 5.32 Å². The van der Waals surface area contributed by atoms with Crippen LogP contribution in [0.2, 0.25) is 0 Å². The first kappa shape index (κ1) is 17.4. The third-order valence-electron chi connectivity index (χ3n) is 3.44. The summed E-state index contributed by atoms with van der Waals surface area (Å²) in [4.78, 5) is 0. The zero-order valence-electron chi connectivity index (χ0n) is 12.7. The van der Waals surface area contributed by atoms with Crippen molar-refractivity contribution in [3.63, 3.8) is 0 Å². The Morgan fingerprint density at radius 1 is 0.889 bits per heavy atom. The maximum atomic E-state index is 8.88. The molecule has 106 valence electrons. The van der Waals surface area contributed by atoms with E-state index >= 15 is 0 Å². The Hall–Kier alpha value is -0.550. The Balaban J connectivity index is 3.11. The standard InChI is InChI=1S/C16H32N2/c1-4-5-6-7-8-9-10-11-13-18-14-12-16(2,3)15-17/h18H,4-14H2,1-3H3. The maximum Gasteiger partial charge on any atom is 0.0684 e. The van der Waals surface area contributed by atoms with Gasteiger partial charge in [0, 0.05) is 0 Å². The first-order valence-corrected chi connectivity index (χ1v) is 7.74. The summed E-state index contributed by atoms with van der Waals surface area (Å²) in [5, 5.41) is 12.3. The number of nitriles is 1. The molecule has 0 saturated heterocycles. The average Bonchev–Trinajstić information content (AvgIpc) is 2.36. The molecular formula is C16H32N2. The molecule has 1 N–H and O–H groups in total. The van der Waals surface area contributed by atoms with Crippen molar-refractivity contribution in [2.24, 2.45) is 5.41 Å². The zero-order valence-corrected chi connectivity index (χ0v) is 12.7. The van der Waals surface area contributed by atoms with Crippen LogP contribution in [0.15, 0.2) is 0 Å². The smallest absolute Gasteiger partial charge is 0.0684 e. The van der Waals surface area contributed by atoms with Crippen LogP contribution in [0.1, 0.15) is 78.6 Å². The van der Waals surface area contributed by atoms with E-state index in [4.69, 9.17) is 5.26 Å². The van der Waals surface area contributed by atoms with E-state index in [1.54, 1.807) is 0 Å².